The summed E-state index contributed by atoms with van der Waals surface area (Å²) in [5.41, 5.74) is 0.251. The average Bonchev–Trinajstić information content (AvgIpc) is 2.44. The molecule has 1 rings (SSSR count). The lowest BCUT2D eigenvalue weighted by atomic mass is 10.1. The smallest absolute Gasteiger partial charge is 0.326 e. The average molecular weight is 347 g/mol. The van der Waals surface area contributed by atoms with Crippen molar-refractivity contribution in [3.05, 3.63) is 33.8 Å². The van der Waals surface area contributed by atoms with Crippen LogP contribution in [0.25, 0.3) is 0 Å². The Morgan fingerprint density at radius 3 is 2.32 bits per heavy atom. The van der Waals surface area contributed by atoms with E-state index in [4.69, 9.17) is 28.3 Å². The number of benzene rings is 1. The Morgan fingerprint density at radius 2 is 1.82 bits per heavy atom. The van der Waals surface area contributed by atoms with E-state index in [-0.39, 0.29) is 23.0 Å². The maximum absolute atomic E-state index is 11.9. The number of amides is 2. The molecule has 6 nitrogen and oxygen atoms in total. The highest BCUT2D eigenvalue weighted by atomic mass is 35.5. The summed E-state index contributed by atoms with van der Waals surface area (Å²) in [6.07, 6.45) is 0. The van der Waals surface area contributed by atoms with Crippen LogP contribution in [0.3, 0.4) is 0 Å². The maximum atomic E-state index is 11.9. The number of hydrogen-bond donors (Lipinski definition) is 3. The minimum absolute atomic E-state index is 0.226. The van der Waals surface area contributed by atoms with Gasteiger partial charge < -0.3 is 15.7 Å². The van der Waals surface area contributed by atoms with Gasteiger partial charge in [-0.3, -0.25) is 9.59 Å². The van der Waals surface area contributed by atoms with Crippen LogP contribution in [0.2, 0.25) is 10.0 Å². The summed E-state index contributed by atoms with van der Waals surface area (Å²) in [7, 11) is 0. The number of hydrogen-bond acceptors (Lipinski definition) is 3. The SMILES string of the molecule is CC(C)C(NC(=O)CNC(=O)c1ccc(Cl)c(Cl)c1)C(=O)O. The number of aliphatic carboxylic acids is 1. The van der Waals surface area contributed by atoms with Gasteiger partial charge in [0.2, 0.25) is 5.91 Å². The topological polar surface area (TPSA) is 95.5 Å². The molecule has 1 aromatic carbocycles. The van der Waals surface area contributed by atoms with E-state index in [1.54, 1.807) is 13.8 Å². The van der Waals surface area contributed by atoms with Crippen LogP contribution in [0, 0.1) is 5.92 Å². The van der Waals surface area contributed by atoms with Gasteiger partial charge in [0.25, 0.3) is 5.91 Å². The molecule has 0 bridgehead atoms. The molecule has 22 heavy (non-hydrogen) atoms. The zero-order chi connectivity index (χ0) is 16.9. The van der Waals surface area contributed by atoms with E-state index in [2.05, 4.69) is 10.6 Å². The van der Waals surface area contributed by atoms with Gasteiger partial charge in [0.05, 0.1) is 16.6 Å². The Balaban J connectivity index is 2.58. The molecule has 2 amide bonds. The Bertz CT molecular complexity index is 590. The number of carboxylic acids is 1. The van der Waals surface area contributed by atoms with Crippen LogP contribution in [0.15, 0.2) is 18.2 Å². The van der Waals surface area contributed by atoms with Gasteiger partial charge >= 0.3 is 5.97 Å². The standard InChI is InChI=1S/C14H16Cl2N2O4/c1-7(2)12(14(21)22)18-11(19)6-17-13(20)8-3-4-9(15)10(16)5-8/h3-5,7,12H,6H2,1-2H3,(H,17,20)(H,18,19)(H,21,22). The highest BCUT2D eigenvalue weighted by Crippen LogP contribution is 2.22. The van der Waals surface area contributed by atoms with Gasteiger partial charge in [-0.15, -0.1) is 0 Å². The Morgan fingerprint density at radius 1 is 1.18 bits per heavy atom. The van der Waals surface area contributed by atoms with E-state index in [0.717, 1.165) is 0 Å². The van der Waals surface area contributed by atoms with Crippen LogP contribution in [0.1, 0.15) is 24.2 Å². The third-order valence-corrected chi connectivity index (χ3v) is 3.58. The first-order valence-electron chi connectivity index (χ1n) is 6.47. The molecule has 1 unspecified atom stereocenters. The summed E-state index contributed by atoms with van der Waals surface area (Å²) in [5, 5.41) is 14.2. The monoisotopic (exact) mass is 346 g/mol. The van der Waals surface area contributed by atoms with Crippen molar-refractivity contribution in [2.75, 3.05) is 6.54 Å². The molecule has 120 valence electrons. The summed E-state index contributed by atoms with van der Waals surface area (Å²) in [4.78, 5) is 34.5. The third kappa shape index (κ3) is 5.20. The van der Waals surface area contributed by atoms with Crippen molar-refractivity contribution in [2.24, 2.45) is 5.92 Å². The Labute approximate surface area is 137 Å². The molecule has 0 heterocycles. The molecule has 0 aliphatic rings. The first-order valence-corrected chi connectivity index (χ1v) is 7.23. The fourth-order valence-corrected chi connectivity index (χ4v) is 1.94. The number of rotatable bonds is 6. The molecule has 0 radical (unpaired) electrons. The van der Waals surface area contributed by atoms with Crippen molar-refractivity contribution in [3.63, 3.8) is 0 Å². The van der Waals surface area contributed by atoms with Gasteiger partial charge in [-0.2, -0.15) is 0 Å². The molecule has 0 spiro atoms. The van der Waals surface area contributed by atoms with Gasteiger partial charge in [0, 0.05) is 5.56 Å². The summed E-state index contributed by atoms with van der Waals surface area (Å²) in [6.45, 7) is 3.01. The maximum Gasteiger partial charge on any atom is 0.326 e. The van der Waals surface area contributed by atoms with E-state index >= 15 is 0 Å². The van der Waals surface area contributed by atoms with E-state index in [0.29, 0.717) is 5.02 Å². The van der Waals surface area contributed by atoms with Crippen LogP contribution < -0.4 is 10.6 Å². The van der Waals surface area contributed by atoms with Crippen LogP contribution in [-0.2, 0) is 9.59 Å². The second-order valence-electron chi connectivity index (χ2n) is 4.94. The lowest BCUT2D eigenvalue weighted by molar-refractivity contribution is -0.142. The molecule has 1 aromatic rings. The zero-order valence-electron chi connectivity index (χ0n) is 12.0. The summed E-state index contributed by atoms with van der Waals surface area (Å²) < 4.78 is 0. The quantitative estimate of drug-likeness (QED) is 0.733. The number of carbonyl (C=O) groups is 3. The molecule has 0 fully saturated rings. The fourth-order valence-electron chi connectivity index (χ4n) is 1.64. The highest BCUT2D eigenvalue weighted by Gasteiger charge is 2.23. The first-order chi connectivity index (χ1) is 10.2. The minimum Gasteiger partial charge on any atom is -0.480 e. The highest BCUT2D eigenvalue weighted by molar-refractivity contribution is 6.42. The second-order valence-corrected chi connectivity index (χ2v) is 5.75. The van der Waals surface area contributed by atoms with Gasteiger partial charge in [-0.25, -0.2) is 4.79 Å². The Hall–Kier alpha value is -1.79. The number of carbonyl (C=O) groups excluding carboxylic acids is 2. The lowest BCUT2D eigenvalue weighted by Crippen LogP contribution is -2.48. The summed E-state index contributed by atoms with van der Waals surface area (Å²) >= 11 is 11.5. The predicted molar refractivity (Wildman–Crippen MR) is 83.2 cm³/mol. The lowest BCUT2D eigenvalue weighted by Gasteiger charge is -2.18. The van der Waals surface area contributed by atoms with Crippen LogP contribution >= 0.6 is 23.2 Å². The van der Waals surface area contributed by atoms with E-state index < -0.39 is 23.8 Å². The molecule has 0 aromatic heterocycles. The zero-order valence-corrected chi connectivity index (χ0v) is 13.5. The largest absolute Gasteiger partial charge is 0.480 e. The normalized spacial score (nSPS) is 11.9. The number of carboxylic acid groups (broad SMARTS) is 1. The van der Waals surface area contributed by atoms with Crippen LogP contribution in [0.4, 0.5) is 0 Å². The third-order valence-electron chi connectivity index (χ3n) is 2.84. The molecular formula is C14H16Cl2N2O4. The van der Waals surface area contributed by atoms with Gasteiger partial charge in [-0.1, -0.05) is 37.0 Å². The van der Waals surface area contributed by atoms with Crippen LogP contribution in [-0.4, -0.2) is 35.5 Å². The van der Waals surface area contributed by atoms with Gasteiger partial charge in [-0.05, 0) is 24.1 Å². The van der Waals surface area contributed by atoms with Crippen molar-refractivity contribution in [1.82, 2.24) is 10.6 Å². The van der Waals surface area contributed by atoms with E-state index in [9.17, 15) is 14.4 Å². The van der Waals surface area contributed by atoms with Gasteiger partial charge in [0.1, 0.15) is 6.04 Å². The first kappa shape index (κ1) is 18.3. The molecule has 0 aliphatic carbocycles. The number of halogens is 2. The van der Waals surface area contributed by atoms with Crippen molar-refractivity contribution in [1.29, 1.82) is 0 Å². The van der Waals surface area contributed by atoms with Crippen molar-refractivity contribution < 1.29 is 19.5 Å². The molecule has 0 aliphatic heterocycles. The van der Waals surface area contributed by atoms with Crippen molar-refractivity contribution in [2.45, 2.75) is 19.9 Å². The van der Waals surface area contributed by atoms with Crippen molar-refractivity contribution in [3.8, 4) is 0 Å². The Kier molecular flexibility index (Phi) is 6.64. The van der Waals surface area contributed by atoms with Crippen LogP contribution in [0.5, 0.6) is 0 Å². The second kappa shape index (κ2) is 8.00. The van der Waals surface area contributed by atoms with E-state index in [1.165, 1.54) is 18.2 Å². The molecule has 0 saturated carbocycles. The van der Waals surface area contributed by atoms with Gasteiger partial charge in [0.15, 0.2) is 0 Å². The predicted octanol–water partition coefficient (Wildman–Crippen LogP) is 1.95. The molecule has 1 atom stereocenters. The minimum atomic E-state index is -1.13. The molecule has 8 heteroatoms. The molecule has 0 saturated heterocycles. The summed E-state index contributed by atoms with van der Waals surface area (Å²) in [6, 6.07) is 3.31. The van der Waals surface area contributed by atoms with Crippen molar-refractivity contribution >= 4 is 41.0 Å². The molecular weight excluding hydrogens is 331 g/mol. The summed E-state index contributed by atoms with van der Waals surface area (Å²) in [5.74, 6) is -2.49. The van der Waals surface area contributed by atoms with E-state index in [1.807, 2.05) is 0 Å². The number of nitrogens with one attached hydrogen (secondary N) is 2. The molecule has 3 N–H and O–H groups in total. The fraction of sp³-hybridized carbons (Fsp3) is 0.357.